The molecular weight excluding hydrogens is 689 g/mol. The molecule has 1 saturated carbocycles. The van der Waals surface area contributed by atoms with E-state index in [0.29, 0.717) is 50.2 Å². The Morgan fingerprint density at radius 3 is 1.96 bits per heavy atom. The quantitative estimate of drug-likeness (QED) is 0.151. The van der Waals surface area contributed by atoms with E-state index < -0.39 is 11.6 Å². The normalized spacial score (nSPS) is 17.3. The van der Waals surface area contributed by atoms with Crippen molar-refractivity contribution >= 4 is 34.9 Å². The topological polar surface area (TPSA) is 128 Å². The van der Waals surface area contributed by atoms with Gasteiger partial charge >= 0.3 is 0 Å². The first-order chi connectivity index (χ1) is 24.1. The Balaban J connectivity index is 1.25. The second-order valence-corrected chi connectivity index (χ2v) is 13.3. The molecule has 2 aliphatic rings. The van der Waals surface area contributed by atoms with E-state index in [2.05, 4.69) is 30.6 Å². The van der Waals surface area contributed by atoms with E-state index in [1.807, 2.05) is 0 Å². The zero-order valence-electron chi connectivity index (χ0n) is 27.6. The first-order valence-corrected chi connectivity index (χ1v) is 17.2. The van der Waals surface area contributed by atoms with Crippen molar-refractivity contribution in [2.24, 2.45) is 5.92 Å². The monoisotopic (exact) mass is 724 g/mol. The summed E-state index contributed by atoms with van der Waals surface area (Å²) >= 11 is 13.8. The van der Waals surface area contributed by atoms with Gasteiger partial charge in [-0.15, -0.1) is 0 Å². The van der Waals surface area contributed by atoms with Crippen molar-refractivity contribution < 1.29 is 27.8 Å². The van der Waals surface area contributed by atoms with E-state index in [4.69, 9.17) is 32.7 Å². The van der Waals surface area contributed by atoms with E-state index in [9.17, 15) is 9.59 Å². The van der Waals surface area contributed by atoms with E-state index >= 15 is 8.78 Å². The average Bonchev–Trinajstić information content (AvgIpc) is 3.73. The minimum Gasteiger partial charge on any atom is -0.480 e. The number of ether oxygens (including phenoxy) is 2. The lowest BCUT2D eigenvalue weighted by Gasteiger charge is -2.16. The molecule has 1 aliphatic heterocycles. The number of rotatable bonds is 13. The Hall–Kier alpha value is -4.26. The number of ketones is 1. The molecule has 1 amide bonds. The van der Waals surface area contributed by atoms with Crippen LogP contribution in [0, 0.1) is 17.6 Å². The van der Waals surface area contributed by atoms with Crippen molar-refractivity contribution in [3.8, 4) is 45.4 Å². The van der Waals surface area contributed by atoms with Crippen LogP contribution in [0.15, 0.2) is 36.7 Å². The number of benzene rings is 2. The number of carbonyl (C=O) groups excluding carboxylic acids is 2. The molecule has 0 spiro atoms. The van der Waals surface area contributed by atoms with Crippen molar-refractivity contribution in [1.82, 2.24) is 30.6 Å². The van der Waals surface area contributed by atoms with E-state index in [0.717, 1.165) is 25.7 Å². The van der Waals surface area contributed by atoms with Gasteiger partial charge in [0.2, 0.25) is 17.7 Å². The maximum Gasteiger partial charge on any atom is 0.237 e. The van der Waals surface area contributed by atoms with Gasteiger partial charge in [0, 0.05) is 54.1 Å². The number of amides is 1. The van der Waals surface area contributed by atoms with Gasteiger partial charge in [0.25, 0.3) is 0 Å². The zero-order chi connectivity index (χ0) is 35.4. The van der Waals surface area contributed by atoms with Crippen LogP contribution in [0.2, 0.25) is 10.0 Å². The lowest BCUT2D eigenvalue weighted by molar-refractivity contribution is -0.119. The van der Waals surface area contributed by atoms with Crippen LogP contribution < -0.4 is 20.1 Å². The molecule has 4 aromatic rings. The Kier molecular flexibility index (Phi) is 11.2. The number of aromatic nitrogens is 4. The highest BCUT2D eigenvalue weighted by atomic mass is 35.5. The number of hydrogen-bond acceptors (Lipinski definition) is 9. The highest BCUT2D eigenvalue weighted by Gasteiger charge is 2.24. The van der Waals surface area contributed by atoms with Crippen molar-refractivity contribution in [2.45, 2.75) is 64.0 Å². The fraction of sp³-hybridized carbons (Fsp3) is 0.389. The number of nitrogens with zero attached hydrogens (tertiary/aromatic N) is 4. The summed E-state index contributed by atoms with van der Waals surface area (Å²) in [6.45, 7) is 1.03. The summed E-state index contributed by atoms with van der Waals surface area (Å²) in [4.78, 5) is 41.3. The Morgan fingerprint density at radius 2 is 1.42 bits per heavy atom. The highest BCUT2D eigenvalue weighted by molar-refractivity contribution is 6.39. The number of methoxy groups -OCH3 is 2. The Labute approximate surface area is 298 Å². The van der Waals surface area contributed by atoms with Crippen LogP contribution in [0.3, 0.4) is 0 Å². The van der Waals surface area contributed by atoms with E-state index in [-0.39, 0.29) is 79.1 Å². The molecule has 0 radical (unpaired) electrons. The van der Waals surface area contributed by atoms with Gasteiger partial charge in [0.05, 0.1) is 48.0 Å². The van der Waals surface area contributed by atoms with Gasteiger partial charge in [0.15, 0.2) is 0 Å². The van der Waals surface area contributed by atoms with E-state index in [1.54, 1.807) is 0 Å². The smallest absolute Gasteiger partial charge is 0.237 e. The van der Waals surface area contributed by atoms with Gasteiger partial charge in [-0.1, -0.05) is 23.2 Å². The van der Waals surface area contributed by atoms with Gasteiger partial charge in [-0.25, -0.2) is 18.7 Å². The van der Waals surface area contributed by atoms with Gasteiger partial charge in [-0.2, -0.15) is 0 Å². The van der Waals surface area contributed by atoms with Crippen LogP contribution in [-0.2, 0) is 22.6 Å². The lowest BCUT2D eigenvalue weighted by atomic mass is 9.98. The van der Waals surface area contributed by atoms with Gasteiger partial charge < -0.3 is 20.1 Å². The minimum absolute atomic E-state index is 0.0705. The van der Waals surface area contributed by atoms with Crippen molar-refractivity contribution in [2.75, 3.05) is 20.8 Å². The van der Waals surface area contributed by atoms with Crippen molar-refractivity contribution in [3.63, 3.8) is 0 Å². The maximum absolute atomic E-state index is 15.2. The number of halogens is 4. The molecule has 0 unspecified atom stereocenters. The van der Waals surface area contributed by atoms with Crippen molar-refractivity contribution in [3.05, 3.63) is 69.7 Å². The summed E-state index contributed by atoms with van der Waals surface area (Å²) in [5, 5.41) is 6.43. The number of nitrogens with one attached hydrogen (secondary N) is 2. The SMILES string of the molecule is COc1nc(-c2cc(F)cc(-c3cc(F)cc(-c4cnc(CNC[C@@H]5CCC(=O)C5)c(OC)n4)c3Cl)c2Cl)cnc1CCC[C@@H]1CCC(=O)N1. The van der Waals surface area contributed by atoms with Gasteiger partial charge in [0.1, 0.15) is 28.8 Å². The molecule has 2 aromatic heterocycles. The number of Topliss-reactive ketones (excluding diaryl/α,β-unsaturated/α-hetero) is 1. The molecule has 10 nitrogen and oxygen atoms in total. The second kappa shape index (κ2) is 15.7. The third kappa shape index (κ3) is 8.03. The third-order valence-electron chi connectivity index (χ3n) is 9.05. The van der Waals surface area contributed by atoms with Crippen LogP contribution >= 0.6 is 23.2 Å². The maximum atomic E-state index is 15.2. The third-order valence-corrected chi connectivity index (χ3v) is 9.87. The standard InChI is InChI=1S/C36H36Cl2F2N6O4/c1-49-35-28(5-3-4-22-7-9-32(48)44-22)42-17-29(45-35)26-13-20(39)11-24(33(26)37)25-12-21(40)14-27(34(25)38)30-18-43-31(36(46-30)50-2)16-41-15-19-6-8-23(47)10-19/h11-14,17-19,22,41H,3-10,15-16H2,1-2H3,(H,44,48)/t19-,22-/m1/s1. The molecule has 3 heterocycles. The molecule has 50 heavy (non-hydrogen) atoms. The zero-order valence-corrected chi connectivity index (χ0v) is 29.1. The molecule has 1 aliphatic carbocycles. The van der Waals surface area contributed by atoms with Gasteiger partial charge in [-0.05, 0) is 68.8 Å². The summed E-state index contributed by atoms with van der Waals surface area (Å²) in [5.74, 6) is -0.161. The Morgan fingerprint density at radius 1 is 0.840 bits per heavy atom. The molecule has 262 valence electrons. The van der Waals surface area contributed by atoms with Gasteiger partial charge in [-0.3, -0.25) is 19.6 Å². The van der Waals surface area contributed by atoms with Crippen LogP contribution in [0.4, 0.5) is 8.78 Å². The van der Waals surface area contributed by atoms with Crippen LogP contribution in [0.25, 0.3) is 33.6 Å². The number of aryl methyl sites for hydroxylation is 1. The molecule has 2 atom stereocenters. The first-order valence-electron chi connectivity index (χ1n) is 16.4. The molecular formula is C36H36Cl2F2N6O4. The van der Waals surface area contributed by atoms with Crippen LogP contribution in [0.1, 0.15) is 56.3 Å². The number of carbonyl (C=O) groups is 2. The molecule has 6 rings (SSSR count). The lowest BCUT2D eigenvalue weighted by Crippen LogP contribution is -2.25. The average molecular weight is 726 g/mol. The molecule has 0 bridgehead atoms. The molecule has 2 aromatic carbocycles. The summed E-state index contributed by atoms with van der Waals surface area (Å²) in [6.07, 6.45) is 8.50. The van der Waals surface area contributed by atoms with E-state index in [1.165, 1.54) is 50.9 Å². The fourth-order valence-corrected chi connectivity index (χ4v) is 7.10. The summed E-state index contributed by atoms with van der Waals surface area (Å²) < 4.78 is 41.5. The van der Waals surface area contributed by atoms with Crippen molar-refractivity contribution in [1.29, 1.82) is 0 Å². The summed E-state index contributed by atoms with van der Waals surface area (Å²) in [7, 11) is 2.93. The number of hydrogen-bond donors (Lipinski definition) is 2. The fourth-order valence-electron chi connectivity index (χ4n) is 6.49. The summed E-state index contributed by atoms with van der Waals surface area (Å²) in [6, 6.07) is 4.94. The molecule has 2 fully saturated rings. The Bertz CT molecular complexity index is 1790. The highest BCUT2D eigenvalue weighted by Crippen LogP contribution is 2.43. The van der Waals surface area contributed by atoms with Crippen LogP contribution in [-0.4, -0.2) is 58.4 Å². The predicted molar refractivity (Wildman–Crippen MR) is 185 cm³/mol. The predicted octanol–water partition coefficient (Wildman–Crippen LogP) is 6.93. The minimum atomic E-state index is -0.651. The molecule has 1 saturated heterocycles. The largest absolute Gasteiger partial charge is 0.480 e. The molecule has 14 heteroatoms. The second-order valence-electron chi connectivity index (χ2n) is 12.5. The summed E-state index contributed by atoms with van der Waals surface area (Å²) in [5.41, 5.74) is 2.36. The van der Waals surface area contributed by atoms with Crippen LogP contribution in [0.5, 0.6) is 11.8 Å². The molecule has 2 N–H and O–H groups in total. The first kappa shape index (κ1) is 35.6.